The van der Waals surface area contributed by atoms with Gasteiger partial charge in [-0.15, -0.1) is 0 Å². The van der Waals surface area contributed by atoms with Gasteiger partial charge in [0.2, 0.25) is 5.91 Å². The zero-order valence-electron chi connectivity index (χ0n) is 14.7. The molecule has 0 fully saturated rings. The highest BCUT2D eigenvalue weighted by atomic mass is 16.5. The molecule has 0 spiro atoms. The van der Waals surface area contributed by atoms with E-state index in [-0.39, 0.29) is 11.6 Å². The molecule has 0 bridgehead atoms. The van der Waals surface area contributed by atoms with E-state index in [1.807, 2.05) is 48.5 Å². The first-order valence-corrected chi connectivity index (χ1v) is 8.38. The van der Waals surface area contributed by atoms with Crippen LogP contribution in [0.5, 0.6) is 0 Å². The number of nitrogens with one attached hydrogen (secondary N) is 2. The van der Waals surface area contributed by atoms with Crippen molar-refractivity contribution in [1.82, 2.24) is 9.97 Å². The lowest BCUT2D eigenvalue weighted by atomic mass is 10.0. The number of nitrogens with two attached hydrogens (primary N) is 1. The maximum Gasteiger partial charge on any atom is 0.248 e. The zero-order valence-corrected chi connectivity index (χ0v) is 14.7. The molecule has 4 N–H and O–H groups in total. The Morgan fingerprint density at radius 2 is 2.00 bits per heavy atom. The summed E-state index contributed by atoms with van der Waals surface area (Å²) in [5.74, 6) is 0.263. The van der Waals surface area contributed by atoms with Gasteiger partial charge in [-0.2, -0.15) is 0 Å². The lowest BCUT2D eigenvalue weighted by Gasteiger charge is -2.20. The summed E-state index contributed by atoms with van der Waals surface area (Å²) in [6.07, 6.45) is 0.702. The van der Waals surface area contributed by atoms with Crippen LogP contribution < -0.4 is 11.1 Å². The molecule has 1 aromatic heterocycles. The van der Waals surface area contributed by atoms with Crippen LogP contribution in [0.4, 0.5) is 5.69 Å². The molecule has 3 aromatic rings. The molecule has 0 aliphatic rings. The van der Waals surface area contributed by atoms with Crippen LogP contribution in [0, 0.1) is 0 Å². The smallest absolute Gasteiger partial charge is 0.248 e. The van der Waals surface area contributed by atoms with Crippen LogP contribution in [0.3, 0.4) is 0 Å². The Balaban J connectivity index is 1.94. The summed E-state index contributed by atoms with van der Waals surface area (Å²) in [7, 11) is 1.67. The minimum Gasteiger partial charge on any atom is -0.385 e. The fourth-order valence-corrected chi connectivity index (χ4v) is 2.84. The molecule has 134 valence electrons. The van der Waals surface area contributed by atoms with Gasteiger partial charge in [0.25, 0.3) is 0 Å². The van der Waals surface area contributed by atoms with Gasteiger partial charge in [0.15, 0.2) is 0 Å². The van der Waals surface area contributed by atoms with E-state index in [9.17, 15) is 4.79 Å². The molecular weight excluding hydrogens is 328 g/mol. The number of carbonyl (C=O) groups is 1. The van der Waals surface area contributed by atoms with Gasteiger partial charge in [0.1, 0.15) is 5.82 Å². The molecule has 0 aliphatic heterocycles. The number of para-hydroxylation sites is 3. The first-order valence-electron chi connectivity index (χ1n) is 8.38. The van der Waals surface area contributed by atoms with Gasteiger partial charge in [0, 0.05) is 30.5 Å². The molecule has 26 heavy (non-hydrogen) atoms. The molecule has 1 unspecified atom stereocenters. The van der Waals surface area contributed by atoms with Crippen molar-refractivity contribution in [3.05, 3.63) is 66.5 Å². The molecule has 6 heteroatoms. The molecule has 3 rings (SSSR count). The summed E-state index contributed by atoms with van der Waals surface area (Å²) in [5, 5.41) is 3.45. The van der Waals surface area contributed by atoms with Crippen LogP contribution in [0.1, 0.15) is 23.9 Å². The first-order chi connectivity index (χ1) is 12.6. The van der Waals surface area contributed by atoms with Crippen molar-refractivity contribution in [3.63, 3.8) is 0 Å². The fraction of sp³-hybridized carbons (Fsp3) is 0.200. The van der Waals surface area contributed by atoms with Crippen molar-refractivity contribution in [3.8, 4) is 0 Å². The quantitative estimate of drug-likeness (QED) is 0.544. The summed E-state index contributed by atoms with van der Waals surface area (Å²) in [4.78, 5) is 19.6. The maximum atomic E-state index is 11.6. The molecule has 1 amide bonds. The number of primary amides is 1. The van der Waals surface area contributed by atoms with Crippen molar-refractivity contribution in [2.75, 3.05) is 19.0 Å². The summed E-state index contributed by atoms with van der Waals surface area (Å²) >= 11 is 0. The van der Waals surface area contributed by atoms with Gasteiger partial charge in [-0.3, -0.25) is 4.79 Å². The number of carbonyl (C=O) groups excluding carboxylic acids is 1. The largest absolute Gasteiger partial charge is 0.385 e. The molecular formula is C20H22N4O2. The van der Waals surface area contributed by atoms with Gasteiger partial charge in [-0.25, -0.2) is 4.98 Å². The molecule has 6 nitrogen and oxygen atoms in total. The number of aromatic nitrogens is 2. The van der Waals surface area contributed by atoms with Gasteiger partial charge in [0.05, 0.1) is 17.1 Å². The normalized spacial score (nSPS) is 12.0. The van der Waals surface area contributed by atoms with Crippen LogP contribution in [0.25, 0.3) is 16.6 Å². The average molecular weight is 350 g/mol. The van der Waals surface area contributed by atoms with Crippen molar-refractivity contribution >= 4 is 28.2 Å². The number of ether oxygens (including phenoxy) is 1. The predicted octanol–water partition coefficient (Wildman–Crippen LogP) is 3.25. The summed E-state index contributed by atoms with van der Waals surface area (Å²) in [6, 6.07) is 15.2. The summed E-state index contributed by atoms with van der Waals surface area (Å²) < 4.78 is 5.25. The third-order valence-corrected chi connectivity index (χ3v) is 4.23. The summed E-state index contributed by atoms with van der Waals surface area (Å²) in [5.41, 5.74) is 9.00. The van der Waals surface area contributed by atoms with Gasteiger partial charge in [-0.1, -0.05) is 36.9 Å². The van der Waals surface area contributed by atoms with Crippen molar-refractivity contribution < 1.29 is 9.53 Å². The van der Waals surface area contributed by atoms with E-state index in [1.165, 1.54) is 0 Å². The van der Waals surface area contributed by atoms with Crippen LogP contribution in [0.15, 0.2) is 55.1 Å². The molecule has 0 aliphatic carbocycles. The van der Waals surface area contributed by atoms with E-state index in [1.54, 1.807) is 7.11 Å². The highest BCUT2D eigenvalue weighted by Crippen LogP contribution is 2.28. The van der Waals surface area contributed by atoms with E-state index in [0.29, 0.717) is 18.6 Å². The summed E-state index contributed by atoms with van der Waals surface area (Å²) in [6.45, 7) is 4.36. The number of imidazole rings is 1. The van der Waals surface area contributed by atoms with Crippen LogP contribution >= 0.6 is 0 Å². The van der Waals surface area contributed by atoms with E-state index in [0.717, 1.165) is 22.5 Å². The Morgan fingerprint density at radius 3 is 2.73 bits per heavy atom. The average Bonchev–Trinajstić information content (AvgIpc) is 3.08. The number of hydrogen-bond acceptors (Lipinski definition) is 4. The number of hydrogen-bond donors (Lipinski definition) is 3. The third-order valence-electron chi connectivity index (χ3n) is 4.23. The molecule has 1 heterocycles. The topological polar surface area (TPSA) is 93.0 Å². The lowest BCUT2D eigenvalue weighted by molar-refractivity contribution is -0.112. The number of aromatic amines is 1. The zero-order chi connectivity index (χ0) is 18.5. The van der Waals surface area contributed by atoms with E-state index in [4.69, 9.17) is 10.5 Å². The highest BCUT2D eigenvalue weighted by molar-refractivity contribution is 6.19. The van der Waals surface area contributed by atoms with Crippen LogP contribution in [-0.2, 0) is 9.53 Å². The Morgan fingerprint density at radius 1 is 1.27 bits per heavy atom. The Hall–Kier alpha value is -3.12. The van der Waals surface area contributed by atoms with Crippen molar-refractivity contribution in [2.45, 2.75) is 12.5 Å². The number of fused-ring (bicyclic) bond motifs is 1. The Labute approximate surface area is 152 Å². The number of H-pyrrole nitrogens is 1. The van der Waals surface area contributed by atoms with Gasteiger partial charge < -0.3 is 20.8 Å². The minimum absolute atomic E-state index is 0.121. The van der Waals surface area contributed by atoms with Gasteiger partial charge >= 0.3 is 0 Å². The molecule has 0 saturated heterocycles. The number of methoxy groups -OCH3 is 1. The van der Waals surface area contributed by atoms with Crippen molar-refractivity contribution in [2.24, 2.45) is 5.73 Å². The van der Waals surface area contributed by atoms with E-state index >= 15 is 0 Å². The number of amides is 1. The SMILES string of the molecule is C=C(C(N)=O)c1ccccc1NC(CCOC)c1nc2ccccc2[nH]1. The second-order valence-corrected chi connectivity index (χ2v) is 6.01. The van der Waals surface area contributed by atoms with Crippen LogP contribution in [0.2, 0.25) is 0 Å². The minimum atomic E-state index is -0.545. The van der Waals surface area contributed by atoms with E-state index < -0.39 is 5.91 Å². The van der Waals surface area contributed by atoms with Gasteiger partial charge in [-0.05, 0) is 24.6 Å². The lowest BCUT2D eigenvalue weighted by Crippen LogP contribution is -2.17. The molecule has 0 saturated carbocycles. The second kappa shape index (κ2) is 7.84. The maximum absolute atomic E-state index is 11.6. The number of nitrogens with zero attached hydrogens (tertiary/aromatic N) is 1. The molecule has 2 aromatic carbocycles. The molecule has 1 atom stereocenters. The predicted molar refractivity (Wildman–Crippen MR) is 104 cm³/mol. The Bertz CT molecular complexity index is 899. The Kier molecular flexibility index (Phi) is 5.34. The third kappa shape index (κ3) is 3.75. The standard InChI is InChI=1S/C20H22N4O2/c1-13(19(21)25)14-7-3-4-8-15(14)22-18(11-12-26-2)20-23-16-9-5-6-10-17(16)24-20/h3-10,18,22H,1,11-12H2,2H3,(H2,21,25)(H,23,24). The molecule has 0 radical (unpaired) electrons. The van der Waals surface area contributed by atoms with Crippen LogP contribution in [-0.4, -0.2) is 29.6 Å². The highest BCUT2D eigenvalue weighted by Gasteiger charge is 2.18. The van der Waals surface area contributed by atoms with E-state index in [2.05, 4.69) is 21.9 Å². The second-order valence-electron chi connectivity index (χ2n) is 6.01. The monoisotopic (exact) mass is 350 g/mol. The first kappa shape index (κ1) is 17.7. The number of benzene rings is 2. The number of rotatable bonds is 8. The number of anilines is 1. The van der Waals surface area contributed by atoms with Crippen molar-refractivity contribution in [1.29, 1.82) is 0 Å². The fourth-order valence-electron chi connectivity index (χ4n) is 2.84.